The number of carbonyl (C=O) groups is 6. The third kappa shape index (κ3) is 11.4. The lowest BCUT2D eigenvalue weighted by molar-refractivity contribution is -0.143. The molecule has 0 aliphatic carbocycles. The van der Waals surface area contributed by atoms with E-state index in [0.717, 1.165) is 0 Å². The predicted octanol–water partition coefficient (Wildman–Crippen LogP) is -0.728. The Hall–Kier alpha value is -4.00. The second-order valence-electron chi connectivity index (χ2n) is 9.07. The molecule has 210 valence electrons. The van der Waals surface area contributed by atoms with Crippen molar-refractivity contribution in [2.45, 2.75) is 76.5 Å². The minimum Gasteiger partial charge on any atom is -0.481 e. The Bertz CT molecular complexity index is 987. The van der Waals surface area contributed by atoms with E-state index in [4.69, 9.17) is 16.6 Å². The molecule has 0 spiro atoms. The van der Waals surface area contributed by atoms with Crippen molar-refractivity contribution in [2.75, 3.05) is 0 Å². The van der Waals surface area contributed by atoms with Crippen LogP contribution in [0.15, 0.2) is 30.3 Å². The lowest BCUT2D eigenvalue weighted by atomic mass is 9.96. The highest BCUT2D eigenvalue weighted by atomic mass is 16.4. The van der Waals surface area contributed by atoms with Gasteiger partial charge in [-0.25, -0.2) is 4.79 Å². The second kappa shape index (κ2) is 16.0. The van der Waals surface area contributed by atoms with Gasteiger partial charge in [-0.1, -0.05) is 50.6 Å². The molecule has 0 aliphatic rings. The van der Waals surface area contributed by atoms with E-state index in [1.165, 1.54) is 0 Å². The van der Waals surface area contributed by atoms with Crippen LogP contribution in [0.2, 0.25) is 0 Å². The predicted molar refractivity (Wildman–Crippen MR) is 136 cm³/mol. The molecule has 1 aromatic carbocycles. The fourth-order valence-corrected chi connectivity index (χ4v) is 3.51. The zero-order chi connectivity index (χ0) is 28.8. The van der Waals surface area contributed by atoms with Gasteiger partial charge in [0.05, 0.1) is 6.04 Å². The number of carboxylic acid groups (broad SMARTS) is 2. The van der Waals surface area contributed by atoms with Gasteiger partial charge in [-0.15, -0.1) is 0 Å². The largest absolute Gasteiger partial charge is 0.481 e. The van der Waals surface area contributed by atoms with E-state index < -0.39 is 72.1 Å². The summed E-state index contributed by atoms with van der Waals surface area (Å²) in [5, 5.41) is 25.7. The van der Waals surface area contributed by atoms with Crippen LogP contribution in [-0.4, -0.2) is 69.9 Å². The van der Waals surface area contributed by atoms with E-state index in [0.29, 0.717) is 12.0 Å². The van der Waals surface area contributed by atoms with Crippen LogP contribution in [0.25, 0.3) is 0 Å². The number of hydrogen-bond donors (Lipinski definition) is 7. The zero-order valence-electron chi connectivity index (χ0n) is 21.5. The van der Waals surface area contributed by atoms with Crippen LogP contribution in [-0.2, 0) is 35.2 Å². The van der Waals surface area contributed by atoms with Crippen molar-refractivity contribution in [1.82, 2.24) is 16.0 Å². The van der Waals surface area contributed by atoms with E-state index >= 15 is 0 Å². The van der Waals surface area contributed by atoms with Gasteiger partial charge in [-0.2, -0.15) is 0 Å². The third-order valence-corrected chi connectivity index (χ3v) is 6.01. The molecule has 13 nitrogen and oxygen atoms in total. The van der Waals surface area contributed by atoms with Gasteiger partial charge in [0.15, 0.2) is 0 Å². The number of carbonyl (C=O) groups excluding carboxylic acids is 4. The first kappa shape index (κ1) is 32.0. The summed E-state index contributed by atoms with van der Waals surface area (Å²) in [6.07, 6.45) is -0.448. The van der Waals surface area contributed by atoms with Crippen molar-refractivity contribution >= 4 is 35.6 Å². The van der Waals surface area contributed by atoms with Gasteiger partial charge in [0.1, 0.15) is 18.1 Å². The maximum Gasteiger partial charge on any atom is 0.326 e. The fraction of sp³-hybridized carbons (Fsp3) is 0.520. The maximum absolute atomic E-state index is 13.3. The lowest BCUT2D eigenvalue weighted by Gasteiger charge is -2.28. The molecule has 0 radical (unpaired) electrons. The van der Waals surface area contributed by atoms with Crippen LogP contribution >= 0.6 is 0 Å². The molecule has 0 heterocycles. The van der Waals surface area contributed by atoms with Gasteiger partial charge in [-0.05, 0) is 24.3 Å². The van der Waals surface area contributed by atoms with Gasteiger partial charge < -0.3 is 37.6 Å². The van der Waals surface area contributed by atoms with Gasteiger partial charge in [0, 0.05) is 19.3 Å². The van der Waals surface area contributed by atoms with Gasteiger partial charge in [-0.3, -0.25) is 24.0 Å². The van der Waals surface area contributed by atoms with Crippen LogP contribution < -0.4 is 27.4 Å². The van der Waals surface area contributed by atoms with Gasteiger partial charge in [0.25, 0.3) is 0 Å². The normalized spacial score (nSPS) is 14.7. The molecule has 1 aromatic rings. The molecule has 0 bridgehead atoms. The standard InChI is InChI=1S/C25H37N5O8/c1-3-14(2)21(24(36)28-17(25(37)38)10-12-20(32)33)30-23(35)18(13-15-7-5-4-6-8-15)29-22(34)16(26)9-11-19(27)31/h4-8,14,16-18,21H,3,9-13,26H2,1-2H3,(H2,27,31)(H,28,36)(H,29,34)(H,30,35)(H,32,33)(H,37,38). The molecular weight excluding hydrogens is 498 g/mol. The van der Waals surface area contributed by atoms with E-state index in [9.17, 15) is 33.9 Å². The maximum atomic E-state index is 13.3. The Labute approximate surface area is 220 Å². The SMILES string of the molecule is CCC(C)C(NC(=O)C(Cc1ccccc1)NC(=O)C(N)CCC(N)=O)C(=O)NC(CCC(=O)O)C(=O)O. The van der Waals surface area contributed by atoms with E-state index in [-0.39, 0.29) is 25.7 Å². The highest BCUT2D eigenvalue weighted by molar-refractivity contribution is 5.94. The third-order valence-electron chi connectivity index (χ3n) is 6.01. The van der Waals surface area contributed by atoms with Crippen LogP contribution in [0.5, 0.6) is 0 Å². The van der Waals surface area contributed by atoms with Gasteiger partial charge in [0.2, 0.25) is 23.6 Å². The second-order valence-corrected chi connectivity index (χ2v) is 9.07. The summed E-state index contributed by atoms with van der Waals surface area (Å²) in [6, 6.07) is 3.90. The first-order valence-electron chi connectivity index (χ1n) is 12.3. The number of primary amides is 1. The molecule has 0 saturated carbocycles. The Morgan fingerprint density at radius 2 is 1.45 bits per heavy atom. The number of carboxylic acids is 2. The molecule has 1 rings (SSSR count). The molecule has 38 heavy (non-hydrogen) atoms. The first-order valence-corrected chi connectivity index (χ1v) is 12.3. The summed E-state index contributed by atoms with van der Waals surface area (Å²) in [7, 11) is 0. The molecule has 9 N–H and O–H groups in total. The average Bonchev–Trinajstić information content (AvgIpc) is 2.87. The van der Waals surface area contributed by atoms with Crippen LogP contribution in [0.4, 0.5) is 0 Å². The zero-order valence-corrected chi connectivity index (χ0v) is 21.5. The summed E-state index contributed by atoms with van der Waals surface area (Å²) in [6.45, 7) is 3.46. The van der Waals surface area contributed by atoms with Crippen molar-refractivity contribution in [3.63, 3.8) is 0 Å². The van der Waals surface area contributed by atoms with Crippen molar-refractivity contribution in [1.29, 1.82) is 0 Å². The van der Waals surface area contributed by atoms with Crippen molar-refractivity contribution < 1.29 is 39.0 Å². The van der Waals surface area contributed by atoms with Crippen LogP contribution in [0.3, 0.4) is 0 Å². The Balaban J connectivity index is 3.11. The number of nitrogens with one attached hydrogen (secondary N) is 3. The Morgan fingerprint density at radius 1 is 0.842 bits per heavy atom. The molecule has 0 saturated heterocycles. The average molecular weight is 536 g/mol. The molecule has 0 aromatic heterocycles. The van der Waals surface area contributed by atoms with Crippen LogP contribution in [0.1, 0.15) is 51.5 Å². The molecular formula is C25H37N5O8. The Kier molecular flexibility index (Phi) is 13.5. The highest BCUT2D eigenvalue weighted by Gasteiger charge is 2.33. The summed E-state index contributed by atoms with van der Waals surface area (Å²) in [4.78, 5) is 72.4. The number of benzene rings is 1. The van der Waals surface area contributed by atoms with E-state index in [2.05, 4.69) is 16.0 Å². The minimum absolute atomic E-state index is 0.0222. The number of nitrogens with two attached hydrogens (primary N) is 2. The fourth-order valence-electron chi connectivity index (χ4n) is 3.51. The Morgan fingerprint density at radius 3 is 1.97 bits per heavy atom. The number of hydrogen-bond acceptors (Lipinski definition) is 7. The lowest BCUT2D eigenvalue weighted by Crippen LogP contribution is -2.59. The number of aliphatic carboxylic acids is 2. The molecule has 5 atom stereocenters. The summed E-state index contributed by atoms with van der Waals surface area (Å²) >= 11 is 0. The minimum atomic E-state index is -1.47. The monoisotopic (exact) mass is 535 g/mol. The number of rotatable bonds is 17. The molecule has 4 amide bonds. The number of amides is 4. The van der Waals surface area contributed by atoms with E-state index in [1.807, 2.05) is 0 Å². The highest BCUT2D eigenvalue weighted by Crippen LogP contribution is 2.11. The van der Waals surface area contributed by atoms with Crippen LogP contribution in [0, 0.1) is 5.92 Å². The van der Waals surface area contributed by atoms with Gasteiger partial charge >= 0.3 is 11.9 Å². The quantitative estimate of drug-likeness (QED) is 0.133. The van der Waals surface area contributed by atoms with Crippen molar-refractivity contribution in [3.05, 3.63) is 35.9 Å². The summed E-state index contributed by atoms with van der Waals surface area (Å²) < 4.78 is 0. The summed E-state index contributed by atoms with van der Waals surface area (Å²) in [5.41, 5.74) is 11.7. The molecule has 13 heteroatoms. The topological polar surface area (TPSA) is 231 Å². The summed E-state index contributed by atoms with van der Waals surface area (Å²) in [5.74, 6) is -5.88. The molecule has 5 unspecified atom stereocenters. The van der Waals surface area contributed by atoms with Crippen molar-refractivity contribution in [2.24, 2.45) is 17.4 Å². The molecule has 0 aliphatic heterocycles. The smallest absolute Gasteiger partial charge is 0.326 e. The molecule has 0 fully saturated rings. The first-order chi connectivity index (χ1) is 17.8. The van der Waals surface area contributed by atoms with E-state index in [1.54, 1.807) is 44.2 Å². The van der Waals surface area contributed by atoms with Crippen molar-refractivity contribution in [3.8, 4) is 0 Å².